The Morgan fingerprint density at radius 3 is 3.15 bits per heavy atom. The summed E-state index contributed by atoms with van der Waals surface area (Å²) in [5, 5.41) is 5.65. The Hall–Kier alpha value is -1.29. The molecule has 0 aliphatic carbocycles. The lowest BCUT2D eigenvalue weighted by molar-refractivity contribution is -0.117. The van der Waals surface area contributed by atoms with Gasteiger partial charge in [0.05, 0.1) is 0 Å². The van der Waals surface area contributed by atoms with E-state index in [0.29, 0.717) is 18.3 Å². The van der Waals surface area contributed by atoms with Gasteiger partial charge in [0.2, 0.25) is 0 Å². The molecule has 1 N–H and O–H groups in total. The van der Waals surface area contributed by atoms with Crippen molar-refractivity contribution in [3.8, 4) is 0 Å². The predicted molar refractivity (Wildman–Crippen MR) is 88.6 cm³/mol. The fraction of sp³-hybridized carbons (Fsp3) is 0.438. The van der Waals surface area contributed by atoms with Crippen LogP contribution in [-0.2, 0) is 11.2 Å². The molecular weight excluding hydrogens is 265 g/mol. The maximum atomic E-state index is 11.2. The van der Waals surface area contributed by atoms with Gasteiger partial charge < -0.3 is 10.1 Å². The van der Waals surface area contributed by atoms with Crippen LogP contribution in [0.4, 0.5) is 0 Å². The fourth-order valence-electron chi connectivity index (χ4n) is 2.70. The Morgan fingerprint density at radius 2 is 2.45 bits per heavy atom. The first-order chi connectivity index (χ1) is 9.63. The summed E-state index contributed by atoms with van der Waals surface area (Å²) in [5.41, 5.74) is 1.09. The molecule has 2 heterocycles. The van der Waals surface area contributed by atoms with Crippen molar-refractivity contribution in [1.82, 2.24) is 5.32 Å². The van der Waals surface area contributed by atoms with Gasteiger partial charge in [-0.1, -0.05) is 31.1 Å². The SMILES string of the molecule is C=C(Cc1cccs1)NC1BCC(CC(C)=O)C=CC1. The van der Waals surface area contributed by atoms with E-state index < -0.39 is 0 Å². The van der Waals surface area contributed by atoms with Crippen LogP contribution in [-0.4, -0.2) is 19.0 Å². The smallest absolute Gasteiger partial charge is 0.149 e. The number of carbonyl (C=O) groups excluding carboxylic acids is 1. The van der Waals surface area contributed by atoms with E-state index >= 15 is 0 Å². The first-order valence-electron chi connectivity index (χ1n) is 7.26. The zero-order valence-electron chi connectivity index (χ0n) is 12.1. The average Bonchev–Trinajstić information content (AvgIpc) is 2.78. The molecule has 2 atom stereocenters. The van der Waals surface area contributed by atoms with Gasteiger partial charge in [0.25, 0.3) is 0 Å². The number of nitrogens with one attached hydrogen (secondary N) is 1. The maximum Gasteiger partial charge on any atom is 0.149 e. The average molecular weight is 287 g/mol. The standard InChI is InChI=1S/C16H22BNOS/c1-12(9-15-6-4-8-20-15)18-16-7-3-5-14(11-17-16)10-13(2)19/h3-6,8,14,16-18H,1,7,9-11H2,2H3. The van der Waals surface area contributed by atoms with E-state index in [0.717, 1.165) is 32.1 Å². The van der Waals surface area contributed by atoms with E-state index in [-0.39, 0.29) is 5.78 Å². The van der Waals surface area contributed by atoms with E-state index in [4.69, 9.17) is 0 Å². The molecular formula is C16H22BNOS. The van der Waals surface area contributed by atoms with E-state index in [9.17, 15) is 4.79 Å². The summed E-state index contributed by atoms with van der Waals surface area (Å²) in [4.78, 5) is 12.5. The van der Waals surface area contributed by atoms with Crippen molar-refractivity contribution in [2.75, 3.05) is 0 Å². The van der Waals surface area contributed by atoms with Crippen molar-refractivity contribution in [2.45, 2.75) is 38.4 Å². The minimum atomic E-state index is 0.285. The van der Waals surface area contributed by atoms with Crippen molar-refractivity contribution in [2.24, 2.45) is 5.92 Å². The van der Waals surface area contributed by atoms with Gasteiger partial charge in [-0.15, -0.1) is 11.3 Å². The number of Topliss-reactive ketones (excluding diaryl/α,β-unsaturated/α-hetero) is 1. The normalized spacial score (nSPS) is 21.9. The van der Waals surface area contributed by atoms with Crippen LogP contribution >= 0.6 is 11.3 Å². The molecule has 0 radical (unpaired) electrons. The van der Waals surface area contributed by atoms with Crippen molar-refractivity contribution in [1.29, 1.82) is 0 Å². The Kier molecular flexibility index (Phi) is 5.65. The second-order valence-electron chi connectivity index (χ2n) is 5.61. The zero-order chi connectivity index (χ0) is 14.4. The van der Waals surface area contributed by atoms with Crippen LogP contribution in [0.25, 0.3) is 0 Å². The lowest BCUT2D eigenvalue weighted by Crippen LogP contribution is -2.33. The number of hydrogen-bond donors (Lipinski definition) is 1. The van der Waals surface area contributed by atoms with Crippen LogP contribution in [0.3, 0.4) is 0 Å². The molecule has 106 valence electrons. The molecule has 1 aliphatic rings. The molecule has 1 aliphatic heterocycles. The number of ketones is 1. The quantitative estimate of drug-likeness (QED) is 0.643. The molecule has 0 saturated heterocycles. The molecule has 0 spiro atoms. The molecule has 0 bridgehead atoms. The minimum absolute atomic E-state index is 0.285. The molecule has 0 saturated carbocycles. The lowest BCUT2D eigenvalue weighted by Gasteiger charge is -2.18. The van der Waals surface area contributed by atoms with Crippen LogP contribution in [0.15, 0.2) is 41.9 Å². The molecule has 0 fully saturated rings. The first-order valence-corrected chi connectivity index (χ1v) is 8.14. The summed E-state index contributed by atoms with van der Waals surface area (Å²) in [5.74, 6) is 1.16. The minimum Gasteiger partial charge on any atom is -0.393 e. The molecule has 0 aromatic carbocycles. The van der Waals surface area contributed by atoms with E-state index in [1.165, 1.54) is 4.88 Å². The lowest BCUT2D eigenvalue weighted by atomic mass is 9.62. The summed E-state index contributed by atoms with van der Waals surface area (Å²) in [7, 11) is 1.11. The van der Waals surface area contributed by atoms with E-state index in [1.54, 1.807) is 18.3 Å². The summed E-state index contributed by atoms with van der Waals surface area (Å²) in [6.45, 7) is 5.82. The summed E-state index contributed by atoms with van der Waals surface area (Å²) < 4.78 is 0. The third-order valence-corrected chi connectivity index (χ3v) is 4.52. The van der Waals surface area contributed by atoms with Gasteiger partial charge in [0.15, 0.2) is 0 Å². The molecule has 2 nitrogen and oxygen atoms in total. The molecule has 1 aromatic heterocycles. The summed E-state index contributed by atoms with van der Waals surface area (Å²) in [6.07, 6.45) is 8.13. The van der Waals surface area contributed by atoms with Gasteiger partial charge in [-0.05, 0) is 30.7 Å². The largest absolute Gasteiger partial charge is 0.393 e. The molecule has 2 unspecified atom stereocenters. The summed E-state index contributed by atoms with van der Waals surface area (Å²) >= 11 is 1.77. The van der Waals surface area contributed by atoms with Gasteiger partial charge in [-0.3, -0.25) is 0 Å². The van der Waals surface area contributed by atoms with E-state index in [2.05, 4.69) is 41.6 Å². The van der Waals surface area contributed by atoms with Crippen molar-refractivity contribution >= 4 is 24.4 Å². The Labute approximate surface area is 126 Å². The van der Waals surface area contributed by atoms with Crippen molar-refractivity contribution in [3.63, 3.8) is 0 Å². The van der Waals surface area contributed by atoms with Crippen LogP contribution in [0, 0.1) is 5.92 Å². The topological polar surface area (TPSA) is 29.1 Å². The Bertz CT molecular complexity index is 481. The van der Waals surface area contributed by atoms with Gasteiger partial charge in [0, 0.05) is 29.4 Å². The molecule has 2 rings (SSSR count). The van der Waals surface area contributed by atoms with Crippen LogP contribution in [0.2, 0.25) is 6.32 Å². The highest BCUT2D eigenvalue weighted by Crippen LogP contribution is 2.18. The molecule has 20 heavy (non-hydrogen) atoms. The third-order valence-electron chi connectivity index (χ3n) is 3.64. The number of carbonyl (C=O) groups is 1. The Morgan fingerprint density at radius 1 is 1.60 bits per heavy atom. The highest BCUT2D eigenvalue weighted by Gasteiger charge is 2.17. The highest BCUT2D eigenvalue weighted by molar-refractivity contribution is 7.09. The van der Waals surface area contributed by atoms with Crippen LogP contribution in [0.5, 0.6) is 0 Å². The molecule has 4 heteroatoms. The number of rotatable bonds is 6. The second kappa shape index (κ2) is 7.48. The highest BCUT2D eigenvalue weighted by atomic mass is 32.1. The predicted octanol–water partition coefficient (Wildman–Crippen LogP) is 3.13. The van der Waals surface area contributed by atoms with Gasteiger partial charge >= 0.3 is 0 Å². The molecule has 0 amide bonds. The second-order valence-corrected chi connectivity index (χ2v) is 6.64. The number of thiophene rings is 1. The van der Waals surface area contributed by atoms with Crippen LogP contribution in [0.1, 0.15) is 24.6 Å². The third kappa shape index (κ3) is 5.01. The number of allylic oxidation sites excluding steroid dienone is 2. The monoisotopic (exact) mass is 287 g/mol. The van der Waals surface area contributed by atoms with Crippen LogP contribution < -0.4 is 5.32 Å². The van der Waals surface area contributed by atoms with E-state index in [1.807, 2.05) is 0 Å². The van der Waals surface area contributed by atoms with Gasteiger partial charge in [0.1, 0.15) is 13.1 Å². The first kappa shape index (κ1) is 15.1. The molecule has 1 aromatic rings. The van der Waals surface area contributed by atoms with Crippen molar-refractivity contribution < 1.29 is 4.79 Å². The summed E-state index contributed by atoms with van der Waals surface area (Å²) in [6, 6.07) is 4.22. The maximum absolute atomic E-state index is 11.2. The fourth-order valence-corrected chi connectivity index (χ4v) is 3.44. The van der Waals surface area contributed by atoms with Gasteiger partial charge in [-0.2, -0.15) is 0 Å². The van der Waals surface area contributed by atoms with Gasteiger partial charge in [-0.25, -0.2) is 0 Å². The van der Waals surface area contributed by atoms with Crippen molar-refractivity contribution in [3.05, 3.63) is 46.8 Å². The number of hydrogen-bond acceptors (Lipinski definition) is 3. The Balaban J connectivity index is 1.78. The zero-order valence-corrected chi connectivity index (χ0v) is 12.9.